The van der Waals surface area contributed by atoms with E-state index in [0.29, 0.717) is 0 Å². The lowest BCUT2D eigenvalue weighted by Gasteiger charge is -2.31. The standard InChI is InChI=1S/C19H23NO2S2/c1-21-16-7-3-14(4-8-16)18(20)13-19(23-11-12-24-19)15-5-9-17(22-2)10-6-15/h3-10,18H,11-13,20H2,1-2H3. The summed E-state index contributed by atoms with van der Waals surface area (Å²) in [4.78, 5) is 0. The number of hydrogen-bond donors (Lipinski definition) is 1. The SMILES string of the molecule is COc1ccc(C(N)CC2(c3ccc(OC)cc3)SCCS2)cc1. The predicted octanol–water partition coefficient (Wildman–Crippen LogP) is 4.43. The summed E-state index contributed by atoms with van der Waals surface area (Å²) in [7, 11) is 3.38. The maximum absolute atomic E-state index is 6.55. The molecule has 1 unspecified atom stereocenters. The Morgan fingerprint density at radius 3 is 1.92 bits per heavy atom. The normalized spacial score (nSPS) is 17.5. The quantitative estimate of drug-likeness (QED) is 0.825. The highest BCUT2D eigenvalue weighted by atomic mass is 32.2. The van der Waals surface area contributed by atoms with E-state index in [9.17, 15) is 0 Å². The molecule has 3 nitrogen and oxygen atoms in total. The summed E-state index contributed by atoms with van der Waals surface area (Å²) in [6, 6.07) is 16.5. The van der Waals surface area contributed by atoms with Gasteiger partial charge in [0, 0.05) is 17.5 Å². The molecule has 0 aliphatic carbocycles. The van der Waals surface area contributed by atoms with E-state index in [1.54, 1.807) is 14.2 Å². The topological polar surface area (TPSA) is 44.5 Å². The molecule has 0 amide bonds. The smallest absolute Gasteiger partial charge is 0.118 e. The molecule has 0 radical (unpaired) electrons. The molecule has 3 rings (SSSR count). The van der Waals surface area contributed by atoms with Gasteiger partial charge in [-0.15, -0.1) is 23.5 Å². The van der Waals surface area contributed by atoms with Crippen molar-refractivity contribution in [2.24, 2.45) is 5.73 Å². The zero-order valence-corrected chi connectivity index (χ0v) is 15.7. The largest absolute Gasteiger partial charge is 0.497 e. The van der Waals surface area contributed by atoms with Gasteiger partial charge in [-0.2, -0.15) is 0 Å². The van der Waals surface area contributed by atoms with Crippen molar-refractivity contribution in [1.82, 2.24) is 0 Å². The minimum Gasteiger partial charge on any atom is -0.497 e. The van der Waals surface area contributed by atoms with Crippen LogP contribution in [0.2, 0.25) is 0 Å². The number of ether oxygens (including phenoxy) is 2. The first-order chi connectivity index (χ1) is 11.7. The summed E-state index contributed by atoms with van der Waals surface area (Å²) in [5, 5.41) is 0. The summed E-state index contributed by atoms with van der Waals surface area (Å²) in [6.07, 6.45) is 0.904. The van der Waals surface area contributed by atoms with Crippen LogP contribution in [0.25, 0.3) is 0 Å². The van der Waals surface area contributed by atoms with Gasteiger partial charge in [-0.05, 0) is 41.8 Å². The average molecular weight is 362 g/mol. The molecule has 2 aromatic rings. The molecule has 24 heavy (non-hydrogen) atoms. The maximum atomic E-state index is 6.55. The minimum absolute atomic E-state index is 0.00360. The van der Waals surface area contributed by atoms with Crippen LogP contribution < -0.4 is 15.2 Å². The van der Waals surface area contributed by atoms with Crippen LogP contribution in [0.1, 0.15) is 23.6 Å². The Morgan fingerprint density at radius 1 is 0.917 bits per heavy atom. The first-order valence-corrected chi connectivity index (χ1v) is 9.96. The molecule has 0 saturated carbocycles. The van der Waals surface area contributed by atoms with Gasteiger partial charge in [-0.1, -0.05) is 24.3 Å². The van der Waals surface area contributed by atoms with E-state index in [-0.39, 0.29) is 10.1 Å². The van der Waals surface area contributed by atoms with Crippen LogP contribution in [0, 0.1) is 0 Å². The van der Waals surface area contributed by atoms with Gasteiger partial charge in [-0.25, -0.2) is 0 Å². The lowest BCUT2D eigenvalue weighted by Crippen LogP contribution is -2.23. The molecule has 5 heteroatoms. The number of nitrogens with two attached hydrogens (primary N) is 1. The molecule has 1 atom stereocenters. The summed E-state index contributed by atoms with van der Waals surface area (Å²) >= 11 is 4.01. The predicted molar refractivity (Wildman–Crippen MR) is 104 cm³/mol. The van der Waals surface area contributed by atoms with E-state index < -0.39 is 0 Å². The molecule has 2 aromatic carbocycles. The zero-order chi connectivity index (χ0) is 17.0. The highest BCUT2D eigenvalue weighted by molar-refractivity contribution is 8.20. The van der Waals surface area contributed by atoms with Gasteiger partial charge in [0.25, 0.3) is 0 Å². The molecule has 128 valence electrons. The molecule has 1 fully saturated rings. The first kappa shape index (κ1) is 17.5. The molecular formula is C19H23NO2S2. The van der Waals surface area contributed by atoms with Crippen molar-refractivity contribution in [3.63, 3.8) is 0 Å². The van der Waals surface area contributed by atoms with Crippen LogP contribution in [0.4, 0.5) is 0 Å². The highest BCUT2D eigenvalue weighted by Crippen LogP contribution is 2.56. The Labute approximate surface area is 152 Å². The second kappa shape index (κ2) is 7.72. The van der Waals surface area contributed by atoms with Gasteiger partial charge >= 0.3 is 0 Å². The highest BCUT2D eigenvalue weighted by Gasteiger charge is 2.39. The Kier molecular flexibility index (Phi) is 5.64. The average Bonchev–Trinajstić information content (AvgIpc) is 3.11. The number of benzene rings is 2. The fraction of sp³-hybridized carbons (Fsp3) is 0.368. The van der Waals surface area contributed by atoms with E-state index in [4.69, 9.17) is 15.2 Å². The molecule has 1 saturated heterocycles. The first-order valence-electron chi connectivity index (χ1n) is 7.99. The molecule has 1 aliphatic rings. The molecule has 0 spiro atoms. The molecule has 1 heterocycles. The Balaban J connectivity index is 1.81. The second-order valence-corrected chi connectivity index (χ2v) is 8.81. The van der Waals surface area contributed by atoms with E-state index in [2.05, 4.69) is 24.3 Å². The van der Waals surface area contributed by atoms with Gasteiger partial charge in [-0.3, -0.25) is 0 Å². The van der Waals surface area contributed by atoms with E-state index in [1.807, 2.05) is 47.8 Å². The number of rotatable bonds is 6. The molecule has 0 aromatic heterocycles. The number of hydrogen-bond acceptors (Lipinski definition) is 5. The monoisotopic (exact) mass is 361 g/mol. The summed E-state index contributed by atoms with van der Waals surface area (Å²) in [5.41, 5.74) is 9.02. The van der Waals surface area contributed by atoms with Crippen LogP contribution >= 0.6 is 23.5 Å². The Morgan fingerprint density at radius 2 is 1.42 bits per heavy atom. The van der Waals surface area contributed by atoms with Crippen molar-refractivity contribution in [3.05, 3.63) is 59.7 Å². The fourth-order valence-corrected chi connectivity index (χ4v) is 6.32. The van der Waals surface area contributed by atoms with Crippen LogP contribution in [0.5, 0.6) is 11.5 Å². The molecular weight excluding hydrogens is 338 g/mol. The van der Waals surface area contributed by atoms with Gasteiger partial charge < -0.3 is 15.2 Å². The van der Waals surface area contributed by atoms with E-state index in [0.717, 1.165) is 35.0 Å². The summed E-state index contributed by atoms with van der Waals surface area (Å²) < 4.78 is 10.5. The van der Waals surface area contributed by atoms with Crippen LogP contribution in [-0.4, -0.2) is 25.7 Å². The Hall–Kier alpha value is -1.30. The van der Waals surface area contributed by atoms with Crippen molar-refractivity contribution in [2.45, 2.75) is 16.5 Å². The third kappa shape index (κ3) is 3.68. The van der Waals surface area contributed by atoms with Crippen LogP contribution in [-0.2, 0) is 4.08 Å². The molecule has 1 aliphatic heterocycles. The van der Waals surface area contributed by atoms with Gasteiger partial charge in [0.05, 0.1) is 18.3 Å². The second-order valence-electron chi connectivity index (χ2n) is 5.76. The van der Waals surface area contributed by atoms with Gasteiger partial charge in [0.1, 0.15) is 11.5 Å². The molecule has 0 bridgehead atoms. The lowest BCUT2D eigenvalue weighted by molar-refractivity contribution is 0.414. The summed E-state index contributed by atoms with van der Waals surface area (Å²) in [6.45, 7) is 0. The zero-order valence-electron chi connectivity index (χ0n) is 14.0. The number of thioether (sulfide) groups is 2. The van der Waals surface area contributed by atoms with Crippen molar-refractivity contribution < 1.29 is 9.47 Å². The van der Waals surface area contributed by atoms with E-state index >= 15 is 0 Å². The van der Waals surface area contributed by atoms with Crippen molar-refractivity contribution >= 4 is 23.5 Å². The van der Waals surface area contributed by atoms with Gasteiger partial charge in [0.2, 0.25) is 0 Å². The van der Waals surface area contributed by atoms with E-state index in [1.165, 1.54) is 5.56 Å². The number of methoxy groups -OCH3 is 2. The fourth-order valence-electron chi connectivity index (χ4n) is 2.96. The van der Waals surface area contributed by atoms with Crippen LogP contribution in [0.15, 0.2) is 48.5 Å². The third-order valence-corrected chi connectivity index (χ3v) is 7.84. The lowest BCUT2D eigenvalue weighted by atomic mass is 9.98. The van der Waals surface area contributed by atoms with Crippen molar-refractivity contribution in [3.8, 4) is 11.5 Å². The maximum Gasteiger partial charge on any atom is 0.118 e. The molecule has 2 N–H and O–H groups in total. The Bertz CT molecular complexity index is 652. The minimum atomic E-state index is -0.00360. The van der Waals surface area contributed by atoms with Crippen molar-refractivity contribution in [1.29, 1.82) is 0 Å². The van der Waals surface area contributed by atoms with Crippen LogP contribution in [0.3, 0.4) is 0 Å². The third-order valence-electron chi connectivity index (χ3n) is 4.32. The van der Waals surface area contributed by atoms with Crippen molar-refractivity contribution in [2.75, 3.05) is 25.7 Å². The summed E-state index contributed by atoms with van der Waals surface area (Å²) in [5.74, 6) is 4.07. The van der Waals surface area contributed by atoms with Gasteiger partial charge in [0.15, 0.2) is 0 Å².